The van der Waals surface area contributed by atoms with Gasteiger partial charge in [0, 0.05) is 42.3 Å². The number of carboxylic acids is 2. The number of phenols is 2. The molecule has 3 aliphatic heterocycles. The van der Waals surface area contributed by atoms with Crippen LogP contribution in [0.4, 0.5) is 9.52 Å². The van der Waals surface area contributed by atoms with Crippen LogP contribution in [0.25, 0.3) is 10.9 Å². The van der Waals surface area contributed by atoms with E-state index in [1.165, 1.54) is 31.0 Å². The van der Waals surface area contributed by atoms with E-state index < -0.39 is 69.2 Å². The molecule has 0 aliphatic carbocycles. The molecular weight excluding hydrogens is 738 g/mol. The minimum absolute atomic E-state index is 0.00221. The number of aliphatic carboxylic acids is 2. The van der Waals surface area contributed by atoms with Crippen LogP contribution >= 0.6 is 23.1 Å². The number of β-lactam (4-membered cyclic amide) rings is 1. The van der Waals surface area contributed by atoms with Gasteiger partial charge in [0.1, 0.15) is 35.9 Å². The summed E-state index contributed by atoms with van der Waals surface area (Å²) in [7, 11) is 0. The second-order valence-electron chi connectivity index (χ2n) is 13.6. The molecule has 1 aromatic carbocycles. The maximum absolute atomic E-state index is 14.5. The zero-order chi connectivity index (χ0) is 38.6. The zero-order valence-corrected chi connectivity index (χ0v) is 30.4. The van der Waals surface area contributed by atoms with Gasteiger partial charge in [-0.25, -0.2) is 19.0 Å². The molecule has 2 atom stereocenters. The van der Waals surface area contributed by atoms with Gasteiger partial charge in [-0.3, -0.25) is 19.3 Å². The van der Waals surface area contributed by atoms with Gasteiger partial charge in [0.25, 0.3) is 11.8 Å². The van der Waals surface area contributed by atoms with Gasteiger partial charge in [-0.15, -0.1) is 23.1 Å². The van der Waals surface area contributed by atoms with Gasteiger partial charge in [-0.1, -0.05) is 5.16 Å². The van der Waals surface area contributed by atoms with Gasteiger partial charge in [0.15, 0.2) is 33.6 Å². The molecule has 53 heavy (non-hydrogen) atoms. The number of amides is 2. The van der Waals surface area contributed by atoms with E-state index in [1.54, 1.807) is 17.7 Å². The summed E-state index contributed by atoms with van der Waals surface area (Å²) in [5.41, 5.74) is 3.53. The summed E-state index contributed by atoms with van der Waals surface area (Å²) in [5.74, 6) is -6.93. The van der Waals surface area contributed by atoms with Crippen LogP contribution in [0.3, 0.4) is 0 Å². The van der Waals surface area contributed by atoms with Gasteiger partial charge in [0.05, 0.1) is 29.6 Å². The number of halogens is 1. The van der Waals surface area contributed by atoms with Crippen LogP contribution in [0.15, 0.2) is 38.9 Å². The van der Waals surface area contributed by atoms with Crippen molar-refractivity contribution in [1.82, 2.24) is 19.8 Å². The number of nitrogens with one attached hydrogen (secondary N) is 1. The van der Waals surface area contributed by atoms with Crippen LogP contribution in [0.2, 0.25) is 0 Å². The number of hydrogen-bond donors (Lipinski definition) is 6. The molecule has 5 heterocycles. The van der Waals surface area contributed by atoms with Crippen molar-refractivity contribution >= 4 is 68.6 Å². The normalized spacial score (nSPS) is 20.0. The Balaban J connectivity index is 1.27. The molecule has 7 N–H and O–H groups in total. The summed E-state index contributed by atoms with van der Waals surface area (Å²) in [6.07, 6.45) is 3.15. The summed E-state index contributed by atoms with van der Waals surface area (Å²) in [4.78, 5) is 75.4. The van der Waals surface area contributed by atoms with Gasteiger partial charge in [0.2, 0.25) is 5.60 Å². The second kappa shape index (κ2) is 14.0. The quantitative estimate of drug-likeness (QED) is 0.0506. The number of nitrogens with zero attached hydrogens (tertiary/aromatic N) is 5. The predicted octanol–water partition coefficient (Wildman–Crippen LogP) is 1.74. The van der Waals surface area contributed by atoms with E-state index in [2.05, 4.69) is 15.5 Å². The molecule has 2 aromatic heterocycles. The number of pyridine rings is 1. The number of fused-ring (bicyclic) bond motifs is 2. The lowest BCUT2D eigenvalue weighted by molar-refractivity contribution is -0.925. The highest BCUT2D eigenvalue weighted by atomic mass is 32.2. The van der Waals surface area contributed by atoms with Crippen molar-refractivity contribution in [2.45, 2.75) is 63.7 Å². The molecule has 17 nitrogen and oxygen atoms in total. The Morgan fingerprint density at radius 3 is 2.47 bits per heavy atom. The number of rotatable bonds is 12. The number of carbonyl (C=O) groups excluding carboxylic acids is 2. The highest BCUT2D eigenvalue weighted by Gasteiger charge is 2.55. The van der Waals surface area contributed by atoms with Gasteiger partial charge in [-0.2, -0.15) is 0 Å². The molecule has 0 saturated carbocycles. The van der Waals surface area contributed by atoms with Crippen LogP contribution < -0.4 is 16.5 Å². The Hall–Kier alpha value is -5.21. The number of quaternary nitrogens is 1. The van der Waals surface area contributed by atoms with Gasteiger partial charge in [-0.05, 0) is 26.8 Å². The van der Waals surface area contributed by atoms with E-state index >= 15 is 0 Å². The average molecular weight is 775 g/mol. The molecule has 20 heteroatoms. The number of thiazole rings is 1. The van der Waals surface area contributed by atoms with Crippen molar-refractivity contribution in [1.29, 1.82) is 0 Å². The third-order valence-electron chi connectivity index (χ3n) is 9.62. The number of benzene rings is 1. The first-order valence-corrected chi connectivity index (χ1v) is 18.4. The lowest BCUT2D eigenvalue weighted by Gasteiger charge is -2.50. The van der Waals surface area contributed by atoms with E-state index in [1.807, 2.05) is 0 Å². The number of nitrogens with two attached hydrogens (primary N) is 1. The molecule has 0 unspecified atom stereocenters. The fourth-order valence-corrected chi connectivity index (χ4v) is 8.77. The topological polar surface area (TPSA) is 247 Å². The molecule has 0 spiro atoms. The Labute approximate surface area is 308 Å². The average Bonchev–Trinajstić information content (AvgIpc) is 3.75. The second-order valence-corrected chi connectivity index (χ2v) is 15.6. The minimum atomic E-state index is -1.81. The molecule has 2 saturated heterocycles. The summed E-state index contributed by atoms with van der Waals surface area (Å²) in [6, 6.07) is -0.261. The summed E-state index contributed by atoms with van der Waals surface area (Å²) >= 11 is 2.25. The highest BCUT2D eigenvalue weighted by molar-refractivity contribution is 8.00. The predicted molar refractivity (Wildman–Crippen MR) is 191 cm³/mol. The number of thioether (sulfide) groups is 1. The maximum atomic E-state index is 14.5. The number of carboxylic acid groups (broad SMARTS) is 2. The molecule has 2 fully saturated rings. The van der Waals surface area contributed by atoms with Crippen molar-refractivity contribution in [2.24, 2.45) is 5.16 Å². The van der Waals surface area contributed by atoms with Crippen molar-refractivity contribution in [3.8, 4) is 11.5 Å². The zero-order valence-electron chi connectivity index (χ0n) is 28.8. The fraction of sp³-hybridized carbons (Fsp3) is 0.424. The minimum Gasteiger partial charge on any atom is -0.503 e. The van der Waals surface area contributed by atoms with E-state index in [0.29, 0.717) is 35.3 Å². The smallest absolute Gasteiger partial charge is 0.352 e. The molecule has 0 radical (unpaired) electrons. The number of nitrogen functional groups attached to an aromatic ring is 1. The molecule has 282 valence electrons. The number of oxime groups is 1. The number of aromatic nitrogens is 2. The van der Waals surface area contributed by atoms with Crippen molar-refractivity contribution in [2.75, 3.05) is 31.1 Å². The van der Waals surface area contributed by atoms with Crippen LogP contribution in [-0.2, 0) is 37.1 Å². The first-order chi connectivity index (χ1) is 25.0. The summed E-state index contributed by atoms with van der Waals surface area (Å²) in [6.45, 7) is 6.07. The molecule has 3 aliphatic rings. The van der Waals surface area contributed by atoms with Gasteiger partial charge >= 0.3 is 11.9 Å². The van der Waals surface area contributed by atoms with Crippen molar-refractivity contribution in [3.05, 3.63) is 56.2 Å². The Kier molecular flexibility index (Phi) is 9.90. The number of carbonyl (C=O) groups is 4. The number of aromatic hydroxyl groups is 2. The Bertz CT molecular complexity index is 2180. The van der Waals surface area contributed by atoms with Crippen LogP contribution in [0, 0.1) is 5.82 Å². The fourth-order valence-electron chi connectivity index (χ4n) is 6.89. The monoisotopic (exact) mass is 774 g/mol. The van der Waals surface area contributed by atoms with Crippen molar-refractivity contribution < 1.29 is 53.3 Å². The third-order valence-corrected chi connectivity index (χ3v) is 11.6. The largest absolute Gasteiger partial charge is 0.503 e. The molecule has 3 aromatic rings. The number of likely N-dealkylation sites (tertiary alicyclic amines) is 1. The molecular formula is C33H37FN7O10S2+. The van der Waals surface area contributed by atoms with E-state index in [0.717, 1.165) is 35.1 Å². The van der Waals surface area contributed by atoms with Crippen LogP contribution in [-0.4, -0.2) is 111 Å². The van der Waals surface area contributed by atoms with E-state index in [-0.39, 0.29) is 46.3 Å². The SMILES string of the molecule is CCn1cc(C[N+]2(CC3=C(C(=O)O)N4C(=O)[C@@H](NC(=O)/C(=N\OC(C)(C)C(=O)O)c5csc(N)n5)[C@H]4SC3)CCCC2)c(=O)c2cc(F)c(O)c(O)c21. The standard InChI is InChI=1S/C33H36FN7O10S2/c1-4-39-10-15(24(42)17-9-18(34)25(43)26(44)23(17)39)11-41(7-5-6-8-41)12-16-13-52-29-21(28(46)40(29)22(16)30(47)48)37-27(45)20(19-14-53-32(35)36-19)38-51-33(2,3)31(49)50/h9-10,14,21,29H,4-8,11-13H2,1-3H3,(H6-,35,36,37,38,42,43,44,45,47,48,49,50)/p+1/t21-,29-/m1/s1. The van der Waals surface area contributed by atoms with E-state index in [4.69, 9.17) is 10.6 Å². The number of hydrogen-bond acceptors (Lipinski definition) is 13. The first kappa shape index (κ1) is 37.5. The maximum Gasteiger partial charge on any atom is 0.352 e. The number of phenolic OH excluding ortho intramolecular Hbond substituents is 2. The summed E-state index contributed by atoms with van der Waals surface area (Å²) < 4.78 is 16.3. The number of anilines is 1. The molecule has 6 rings (SSSR count). The lowest BCUT2D eigenvalue weighted by atomic mass is 10.0. The molecule has 2 amide bonds. The van der Waals surface area contributed by atoms with Gasteiger partial charge < -0.3 is 45.4 Å². The summed E-state index contributed by atoms with van der Waals surface area (Å²) in [5, 5.41) is 47.2. The van der Waals surface area contributed by atoms with E-state index in [9.17, 15) is 48.8 Å². The number of aryl methyl sites for hydroxylation is 1. The first-order valence-electron chi connectivity index (χ1n) is 16.5. The lowest BCUT2D eigenvalue weighted by Crippen LogP contribution is -2.71. The van der Waals surface area contributed by atoms with Crippen LogP contribution in [0.1, 0.15) is 44.9 Å². The molecule has 0 bridgehead atoms. The third kappa shape index (κ3) is 6.77. The van der Waals surface area contributed by atoms with Crippen molar-refractivity contribution in [3.63, 3.8) is 0 Å². The highest BCUT2D eigenvalue weighted by Crippen LogP contribution is 2.42. The Morgan fingerprint density at radius 1 is 1.17 bits per heavy atom. The van der Waals surface area contributed by atoms with Crippen LogP contribution in [0.5, 0.6) is 11.5 Å². The Morgan fingerprint density at radius 2 is 1.87 bits per heavy atom.